The molecule has 0 unspecified atom stereocenters. The first-order valence-corrected chi connectivity index (χ1v) is 7.33. The van der Waals surface area contributed by atoms with Gasteiger partial charge < -0.3 is 0 Å². The maximum Gasteiger partial charge on any atom is 0.178 e. The van der Waals surface area contributed by atoms with E-state index in [4.69, 9.17) is 0 Å². The molecule has 0 saturated heterocycles. The lowest BCUT2D eigenvalue weighted by Gasteiger charge is -1.99. The molecular weight excluding hydrogens is 228 g/mol. The van der Waals surface area contributed by atoms with Gasteiger partial charge in [-0.1, -0.05) is 13.5 Å². The van der Waals surface area contributed by atoms with Gasteiger partial charge in [0.05, 0.1) is 0 Å². The normalized spacial score (nSPS) is 12.4. The van der Waals surface area contributed by atoms with Gasteiger partial charge in [-0.3, -0.25) is 4.79 Å². The number of hydrogen-bond donors (Lipinski definition) is 0. The largest absolute Gasteiger partial charge is 0.297 e. The molecule has 0 N–H and O–H groups in total. The second kappa shape index (κ2) is 4.70. The molecule has 0 bridgehead atoms. The lowest BCUT2D eigenvalue weighted by atomic mass is 10.5. The molecule has 5 nitrogen and oxygen atoms in total. The van der Waals surface area contributed by atoms with Gasteiger partial charge in [0.2, 0.25) is 0 Å². The molecule has 14 heavy (non-hydrogen) atoms. The minimum absolute atomic E-state index is 0.174. The van der Waals surface area contributed by atoms with Gasteiger partial charge in [0.25, 0.3) is 0 Å². The van der Waals surface area contributed by atoms with Crippen LogP contribution in [-0.4, -0.2) is 39.9 Å². The topological polar surface area (TPSA) is 85.3 Å². The quantitative estimate of drug-likeness (QED) is 0.627. The highest BCUT2D eigenvalue weighted by atomic mass is 32.2. The molecule has 0 heterocycles. The summed E-state index contributed by atoms with van der Waals surface area (Å²) in [7, 11) is -7.10. The number of ketones is 1. The van der Waals surface area contributed by atoms with Crippen molar-refractivity contribution in [2.45, 2.75) is 6.92 Å². The maximum atomic E-state index is 11.0. The van der Waals surface area contributed by atoms with Crippen molar-refractivity contribution in [1.82, 2.24) is 0 Å². The molecule has 0 aliphatic carbocycles. The summed E-state index contributed by atoms with van der Waals surface area (Å²) in [5.41, 5.74) is 0. The SMILES string of the molecule is C=CS(=O)(=O)CC(=O)CS(=O)(=O)CC. The first-order valence-electron chi connectivity index (χ1n) is 3.79. The second-order valence-electron chi connectivity index (χ2n) is 2.69. The zero-order valence-corrected chi connectivity index (χ0v) is 9.40. The van der Waals surface area contributed by atoms with Crippen molar-refractivity contribution in [2.24, 2.45) is 0 Å². The molecule has 0 aromatic carbocycles. The third kappa shape index (κ3) is 5.13. The van der Waals surface area contributed by atoms with Crippen molar-refractivity contribution in [3.63, 3.8) is 0 Å². The van der Waals surface area contributed by atoms with Gasteiger partial charge in [0, 0.05) is 11.2 Å². The van der Waals surface area contributed by atoms with Crippen LogP contribution in [0.5, 0.6) is 0 Å². The summed E-state index contributed by atoms with van der Waals surface area (Å²) < 4.78 is 43.6. The summed E-state index contributed by atoms with van der Waals surface area (Å²) in [5.74, 6) is -2.52. The summed E-state index contributed by atoms with van der Waals surface area (Å²) in [6.07, 6.45) is 0. The van der Waals surface area contributed by atoms with Crippen molar-refractivity contribution in [2.75, 3.05) is 17.3 Å². The molecule has 82 valence electrons. The Morgan fingerprint density at radius 2 is 1.71 bits per heavy atom. The van der Waals surface area contributed by atoms with Crippen molar-refractivity contribution < 1.29 is 21.6 Å². The predicted molar refractivity (Wildman–Crippen MR) is 53.3 cm³/mol. The van der Waals surface area contributed by atoms with Crippen LogP contribution >= 0.6 is 0 Å². The number of Topliss-reactive ketones (excluding diaryl/α,β-unsaturated/α-hetero) is 1. The fourth-order valence-corrected chi connectivity index (χ4v) is 2.27. The highest BCUT2D eigenvalue weighted by Crippen LogP contribution is 1.96. The van der Waals surface area contributed by atoms with Gasteiger partial charge in [0.15, 0.2) is 25.5 Å². The molecule has 0 aromatic heterocycles. The fraction of sp³-hybridized carbons (Fsp3) is 0.571. The fourth-order valence-electron chi connectivity index (χ4n) is 0.672. The van der Waals surface area contributed by atoms with E-state index in [1.54, 1.807) is 0 Å². The zero-order chi connectivity index (χ0) is 11.4. The van der Waals surface area contributed by atoms with Crippen LogP contribution in [0.1, 0.15) is 6.92 Å². The standard InChI is InChI=1S/C7H12O5S2/c1-3-13(9,10)5-7(8)6-14(11,12)4-2/h3H,1,4-6H2,2H3. The Hall–Kier alpha value is -0.690. The number of rotatable bonds is 6. The second-order valence-corrected chi connectivity index (χ2v) is 6.99. The Bertz CT molecular complexity index is 415. The predicted octanol–water partition coefficient (Wildman–Crippen LogP) is -0.451. The minimum Gasteiger partial charge on any atom is -0.297 e. The van der Waals surface area contributed by atoms with Crippen molar-refractivity contribution in [3.05, 3.63) is 12.0 Å². The van der Waals surface area contributed by atoms with Crippen molar-refractivity contribution in [1.29, 1.82) is 0 Å². The van der Waals surface area contributed by atoms with Crippen LogP contribution < -0.4 is 0 Å². The minimum atomic E-state index is -3.65. The van der Waals surface area contributed by atoms with Crippen molar-refractivity contribution >= 4 is 25.5 Å². The van der Waals surface area contributed by atoms with E-state index >= 15 is 0 Å². The number of carbonyl (C=O) groups excluding carboxylic acids is 1. The lowest BCUT2D eigenvalue weighted by molar-refractivity contribution is -0.114. The lowest BCUT2D eigenvalue weighted by Crippen LogP contribution is -2.23. The van der Waals surface area contributed by atoms with Gasteiger partial charge in [0.1, 0.15) is 11.5 Å². The monoisotopic (exact) mass is 240 g/mol. The Morgan fingerprint density at radius 1 is 1.21 bits per heavy atom. The summed E-state index contributed by atoms with van der Waals surface area (Å²) >= 11 is 0. The highest BCUT2D eigenvalue weighted by Gasteiger charge is 2.19. The maximum absolute atomic E-state index is 11.0. The molecule has 0 amide bonds. The van der Waals surface area contributed by atoms with E-state index in [1.165, 1.54) is 6.92 Å². The average Bonchev–Trinajstić information content (AvgIpc) is 2.02. The highest BCUT2D eigenvalue weighted by molar-refractivity contribution is 7.95. The molecule has 0 spiro atoms. The molecular formula is C7H12O5S2. The van der Waals surface area contributed by atoms with E-state index in [-0.39, 0.29) is 5.75 Å². The zero-order valence-electron chi connectivity index (χ0n) is 7.76. The molecule has 0 saturated carbocycles. The Balaban J connectivity index is 4.49. The number of sulfone groups is 2. The van der Waals surface area contributed by atoms with Crippen LogP contribution in [0.25, 0.3) is 0 Å². The molecule has 0 rings (SSSR count). The van der Waals surface area contributed by atoms with Gasteiger partial charge in [-0.25, -0.2) is 16.8 Å². The molecule has 0 aliphatic heterocycles. The summed E-state index contributed by atoms with van der Waals surface area (Å²) in [4.78, 5) is 11.0. The third-order valence-corrected chi connectivity index (χ3v) is 4.31. The molecule has 0 atom stereocenters. The van der Waals surface area contributed by atoms with Crippen LogP contribution in [0.4, 0.5) is 0 Å². The summed E-state index contributed by atoms with van der Waals surface area (Å²) in [5, 5.41) is 0.642. The molecule has 7 heteroatoms. The molecule has 0 radical (unpaired) electrons. The first-order chi connectivity index (χ1) is 6.22. The summed E-state index contributed by atoms with van der Waals surface area (Å²) in [6.45, 7) is 4.41. The van der Waals surface area contributed by atoms with Crippen LogP contribution in [0.2, 0.25) is 0 Å². The van der Waals surface area contributed by atoms with Gasteiger partial charge in [-0.15, -0.1) is 0 Å². The van der Waals surface area contributed by atoms with Crippen LogP contribution in [0.3, 0.4) is 0 Å². The van der Waals surface area contributed by atoms with Crippen LogP contribution in [0, 0.1) is 0 Å². The number of hydrogen-bond acceptors (Lipinski definition) is 5. The van der Waals surface area contributed by atoms with E-state index < -0.39 is 37.0 Å². The molecule has 0 aromatic rings. The molecule has 0 aliphatic rings. The van der Waals surface area contributed by atoms with E-state index in [1.807, 2.05) is 0 Å². The Labute approximate surface area is 83.7 Å². The van der Waals surface area contributed by atoms with Crippen LogP contribution in [-0.2, 0) is 24.5 Å². The van der Waals surface area contributed by atoms with E-state index in [0.717, 1.165) is 0 Å². The first kappa shape index (κ1) is 13.3. The van der Waals surface area contributed by atoms with Gasteiger partial charge in [-0.05, 0) is 0 Å². The van der Waals surface area contributed by atoms with E-state index in [9.17, 15) is 21.6 Å². The Morgan fingerprint density at radius 3 is 2.07 bits per heavy atom. The van der Waals surface area contributed by atoms with E-state index in [0.29, 0.717) is 5.41 Å². The van der Waals surface area contributed by atoms with Gasteiger partial charge >= 0.3 is 0 Å². The van der Waals surface area contributed by atoms with Crippen molar-refractivity contribution in [3.8, 4) is 0 Å². The summed E-state index contributed by atoms with van der Waals surface area (Å²) in [6, 6.07) is 0. The molecule has 0 fully saturated rings. The van der Waals surface area contributed by atoms with E-state index in [2.05, 4.69) is 6.58 Å². The average molecular weight is 240 g/mol. The third-order valence-electron chi connectivity index (χ3n) is 1.44. The smallest absolute Gasteiger partial charge is 0.178 e. The van der Waals surface area contributed by atoms with Gasteiger partial charge in [-0.2, -0.15) is 0 Å². The van der Waals surface area contributed by atoms with Crippen LogP contribution in [0.15, 0.2) is 12.0 Å². The number of carbonyl (C=O) groups is 1. The Kier molecular flexibility index (Phi) is 4.47.